The number of nitrogens with one attached hydrogen (secondary N) is 1. The minimum atomic E-state index is -0.122. The SMILES string of the molecule is O=C(CSc1nnc2ncccn12)Nc1ccc(OCc2ccccc2)cc1. The molecule has 0 aliphatic heterocycles. The van der Waals surface area contributed by atoms with E-state index >= 15 is 0 Å². The zero-order valence-electron chi connectivity index (χ0n) is 14.9. The Kier molecular flexibility index (Phi) is 5.48. The van der Waals surface area contributed by atoms with E-state index in [9.17, 15) is 4.79 Å². The van der Waals surface area contributed by atoms with Gasteiger partial charge in [-0.2, -0.15) is 0 Å². The number of carbonyl (C=O) groups excluding carboxylic acids is 1. The van der Waals surface area contributed by atoms with Crippen molar-refractivity contribution in [2.24, 2.45) is 0 Å². The van der Waals surface area contributed by atoms with Gasteiger partial charge in [0, 0.05) is 18.1 Å². The second-order valence-electron chi connectivity index (χ2n) is 5.91. The molecule has 0 fully saturated rings. The summed E-state index contributed by atoms with van der Waals surface area (Å²) >= 11 is 1.31. The van der Waals surface area contributed by atoms with E-state index in [1.54, 1.807) is 16.7 Å². The minimum absolute atomic E-state index is 0.122. The Bertz CT molecular complexity index is 1070. The van der Waals surface area contributed by atoms with E-state index in [-0.39, 0.29) is 11.7 Å². The van der Waals surface area contributed by atoms with Crippen LogP contribution in [-0.4, -0.2) is 31.2 Å². The normalized spacial score (nSPS) is 10.7. The molecule has 8 heteroatoms. The lowest BCUT2D eigenvalue weighted by molar-refractivity contribution is -0.113. The number of hydrogen-bond acceptors (Lipinski definition) is 6. The molecule has 0 atom stereocenters. The van der Waals surface area contributed by atoms with Crippen LogP contribution in [0.3, 0.4) is 0 Å². The molecule has 2 aromatic carbocycles. The molecule has 1 N–H and O–H groups in total. The predicted octanol–water partition coefficient (Wildman–Crippen LogP) is 3.43. The van der Waals surface area contributed by atoms with Crippen LogP contribution in [0, 0.1) is 0 Å². The molecule has 0 aliphatic rings. The number of anilines is 1. The van der Waals surface area contributed by atoms with Gasteiger partial charge in [0.2, 0.25) is 5.91 Å². The fourth-order valence-corrected chi connectivity index (χ4v) is 3.24. The lowest BCUT2D eigenvalue weighted by Crippen LogP contribution is -2.14. The summed E-state index contributed by atoms with van der Waals surface area (Å²) in [6.07, 6.45) is 3.47. The molecule has 2 heterocycles. The molecular weight excluding hydrogens is 374 g/mol. The Morgan fingerprint density at radius 1 is 1.04 bits per heavy atom. The van der Waals surface area contributed by atoms with E-state index < -0.39 is 0 Å². The van der Waals surface area contributed by atoms with Crippen molar-refractivity contribution in [2.45, 2.75) is 11.8 Å². The average Bonchev–Trinajstić information content (AvgIpc) is 3.16. The van der Waals surface area contributed by atoms with Gasteiger partial charge < -0.3 is 10.1 Å². The molecule has 0 aliphatic carbocycles. The summed E-state index contributed by atoms with van der Waals surface area (Å²) in [5.41, 5.74) is 1.82. The number of carbonyl (C=O) groups is 1. The maximum atomic E-state index is 12.2. The van der Waals surface area contributed by atoms with Crippen molar-refractivity contribution in [2.75, 3.05) is 11.1 Å². The number of ether oxygens (including phenoxy) is 1. The Morgan fingerprint density at radius 3 is 2.68 bits per heavy atom. The van der Waals surface area contributed by atoms with Gasteiger partial charge in [-0.15, -0.1) is 10.2 Å². The summed E-state index contributed by atoms with van der Waals surface area (Å²) in [6, 6.07) is 19.1. The number of fused-ring (bicyclic) bond motifs is 1. The minimum Gasteiger partial charge on any atom is -0.489 e. The third kappa shape index (κ3) is 4.47. The van der Waals surface area contributed by atoms with Gasteiger partial charge in [-0.1, -0.05) is 42.1 Å². The molecule has 140 valence electrons. The van der Waals surface area contributed by atoms with E-state index in [0.717, 1.165) is 11.3 Å². The lowest BCUT2D eigenvalue weighted by atomic mass is 10.2. The number of rotatable bonds is 7. The molecule has 4 rings (SSSR count). The number of hydrogen-bond donors (Lipinski definition) is 1. The highest BCUT2D eigenvalue weighted by molar-refractivity contribution is 7.99. The first-order valence-electron chi connectivity index (χ1n) is 8.63. The lowest BCUT2D eigenvalue weighted by Gasteiger charge is -2.08. The second-order valence-corrected chi connectivity index (χ2v) is 6.85. The molecule has 28 heavy (non-hydrogen) atoms. The van der Waals surface area contributed by atoms with Crippen LogP contribution >= 0.6 is 11.8 Å². The van der Waals surface area contributed by atoms with Gasteiger partial charge in [0.1, 0.15) is 12.4 Å². The van der Waals surface area contributed by atoms with Gasteiger partial charge in [-0.05, 0) is 35.9 Å². The fraction of sp³-hybridized carbons (Fsp3) is 0.100. The summed E-state index contributed by atoms with van der Waals surface area (Å²) in [5, 5.41) is 11.5. The molecule has 0 bridgehead atoms. The number of nitrogens with zero attached hydrogens (tertiary/aromatic N) is 4. The van der Waals surface area contributed by atoms with E-state index in [1.165, 1.54) is 11.8 Å². The van der Waals surface area contributed by atoms with Gasteiger partial charge >= 0.3 is 0 Å². The van der Waals surface area contributed by atoms with Crippen molar-refractivity contribution in [3.63, 3.8) is 0 Å². The van der Waals surface area contributed by atoms with Crippen LogP contribution in [0.4, 0.5) is 5.69 Å². The Hall–Kier alpha value is -3.39. The summed E-state index contributed by atoms with van der Waals surface area (Å²) < 4.78 is 7.50. The van der Waals surface area contributed by atoms with Crippen molar-refractivity contribution in [3.8, 4) is 5.75 Å². The van der Waals surface area contributed by atoms with Crippen LogP contribution in [0.15, 0.2) is 78.2 Å². The highest BCUT2D eigenvalue weighted by Crippen LogP contribution is 2.19. The van der Waals surface area contributed by atoms with Crippen LogP contribution in [0.1, 0.15) is 5.56 Å². The van der Waals surface area contributed by atoms with Gasteiger partial charge in [0.15, 0.2) is 5.16 Å². The first-order chi connectivity index (χ1) is 13.8. The van der Waals surface area contributed by atoms with Crippen molar-refractivity contribution in [3.05, 3.63) is 78.6 Å². The van der Waals surface area contributed by atoms with Crippen molar-refractivity contribution >= 4 is 29.1 Å². The summed E-state index contributed by atoms with van der Waals surface area (Å²) in [7, 11) is 0. The third-order valence-corrected chi connectivity index (χ3v) is 4.82. The van der Waals surface area contributed by atoms with Crippen LogP contribution in [0.2, 0.25) is 0 Å². The van der Waals surface area contributed by atoms with Crippen molar-refractivity contribution in [1.82, 2.24) is 19.6 Å². The van der Waals surface area contributed by atoms with E-state index in [2.05, 4.69) is 20.5 Å². The van der Waals surface area contributed by atoms with Crippen LogP contribution in [0.25, 0.3) is 5.78 Å². The summed E-state index contributed by atoms with van der Waals surface area (Å²) in [5.74, 6) is 1.36. The molecule has 0 radical (unpaired) electrons. The molecule has 0 unspecified atom stereocenters. The monoisotopic (exact) mass is 391 g/mol. The number of amides is 1. The van der Waals surface area contributed by atoms with Gasteiger partial charge in [0.25, 0.3) is 5.78 Å². The molecular formula is C20H17N5O2S. The summed E-state index contributed by atoms with van der Waals surface area (Å²) in [4.78, 5) is 16.3. The standard InChI is InChI=1S/C20H17N5O2S/c26-18(14-28-20-24-23-19-21-11-4-12-25(19)20)22-16-7-9-17(10-8-16)27-13-15-5-2-1-3-6-15/h1-12H,13-14H2,(H,22,26). The van der Waals surface area contributed by atoms with Crippen molar-refractivity contribution < 1.29 is 9.53 Å². The van der Waals surface area contributed by atoms with E-state index in [0.29, 0.717) is 23.2 Å². The first-order valence-corrected chi connectivity index (χ1v) is 9.62. The maximum absolute atomic E-state index is 12.2. The number of aromatic nitrogens is 4. The smallest absolute Gasteiger partial charge is 0.255 e. The fourth-order valence-electron chi connectivity index (χ4n) is 2.52. The molecule has 1 amide bonds. The van der Waals surface area contributed by atoms with Gasteiger partial charge in [-0.3, -0.25) is 9.20 Å². The zero-order chi connectivity index (χ0) is 19.2. The zero-order valence-corrected chi connectivity index (χ0v) is 15.7. The Morgan fingerprint density at radius 2 is 1.86 bits per heavy atom. The predicted molar refractivity (Wildman–Crippen MR) is 107 cm³/mol. The molecule has 2 aromatic heterocycles. The molecule has 0 saturated heterocycles. The topological polar surface area (TPSA) is 81.4 Å². The van der Waals surface area contributed by atoms with E-state index in [1.807, 2.05) is 60.8 Å². The quantitative estimate of drug-likeness (QED) is 0.486. The van der Waals surface area contributed by atoms with Crippen molar-refractivity contribution in [1.29, 1.82) is 0 Å². The summed E-state index contributed by atoms with van der Waals surface area (Å²) in [6.45, 7) is 0.504. The highest BCUT2D eigenvalue weighted by atomic mass is 32.2. The highest BCUT2D eigenvalue weighted by Gasteiger charge is 2.09. The Labute approximate surface area is 165 Å². The largest absolute Gasteiger partial charge is 0.489 e. The third-order valence-electron chi connectivity index (χ3n) is 3.88. The number of thioether (sulfide) groups is 1. The molecule has 4 aromatic rings. The van der Waals surface area contributed by atoms with Gasteiger partial charge in [0.05, 0.1) is 5.75 Å². The first kappa shape index (κ1) is 18.0. The van der Waals surface area contributed by atoms with Crippen LogP contribution in [-0.2, 0) is 11.4 Å². The second kappa shape index (κ2) is 8.53. The number of benzene rings is 2. The molecule has 7 nitrogen and oxygen atoms in total. The average molecular weight is 391 g/mol. The van der Waals surface area contributed by atoms with Crippen LogP contribution in [0.5, 0.6) is 5.75 Å². The van der Waals surface area contributed by atoms with Gasteiger partial charge in [-0.25, -0.2) is 4.98 Å². The van der Waals surface area contributed by atoms with E-state index in [4.69, 9.17) is 4.74 Å². The molecule has 0 spiro atoms. The van der Waals surface area contributed by atoms with Crippen LogP contribution < -0.4 is 10.1 Å². The maximum Gasteiger partial charge on any atom is 0.255 e. The molecule has 0 saturated carbocycles. The Balaban J connectivity index is 1.28.